The maximum Gasteiger partial charge on any atom is 0.251 e. The molecule has 0 spiro atoms. The van der Waals surface area contributed by atoms with Crippen molar-refractivity contribution in [3.63, 3.8) is 0 Å². The van der Waals surface area contributed by atoms with Crippen molar-refractivity contribution in [2.24, 2.45) is 0 Å². The molecule has 2 aromatic carbocycles. The molecule has 1 heterocycles. The summed E-state index contributed by atoms with van der Waals surface area (Å²) in [5, 5.41) is 15.4. The van der Waals surface area contributed by atoms with Crippen LogP contribution in [0.5, 0.6) is 0 Å². The summed E-state index contributed by atoms with van der Waals surface area (Å²) in [6.45, 7) is 1.78. The fraction of sp³-hybridized carbons (Fsp3) is 0.364. The zero-order chi connectivity index (χ0) is 21.6. The highest BCUT2D eigenvalue weighted by atomic mass is 32.2. The number of sulfone groups is 1. The molecule has 2 N–H and O–H groups in total. The Balaban J connectivity index is 1.62. The van der Waals surface area contributed by atoms with Crippen LogP contribution in [0.1, 0.15) is 12.0 Å². The van der Waals surface area contributed by atoms with Gasteiger partial charge >= 0.3 is 0 Å². The number of nitrogens with one attached hydrogen (secondary N) is 2. The normalized spacial score (nSPS) is 18.1. The number of nitriles is 1. The Hall–Kier alpha value is -2.73. The van der Waals surface area contributed by atoms with Crippen molar-refractivity contribution in [1.82, 2.24) is 10.6 Å². The predicted octanol–water partition coefficient (Wildman–Crippen LogP) is 1.69. The van der Waals surface area contributed by atoms with E-state index >= 15 is 0 Å². The lowest BCUT2D eigenvalue weighted by Gasteiger charge is -2.18. The van der Waals surface area contributed by atoms with Crippen molar-refractivity contribution in [2.75, 3.05) is 26.0 Å². The first-order valence-electron chi connectivity index (χ1n) is 9.78. The van der Waals surface area contributed by atoms with Crippen LogP contribution in [-0.4, -0.2) is 52.4 Å². The maximum atomic E-state index is 12.4. The van der Waals surface area contributed by atoms with E-state index in [-0.39, 0.29) is 10.8 Å². The van der Waals surface area contributed by atoms with Crippen LogP contribution in [0.4, 0.5) is 0 Å². The number of carbonyl (C=O) groups is 1. The van der Waals surface area contributed by atoms with Gasteiger partial charge in [-0.1, -0.05) is 36.4 Å². The zero-order valence-corrected chi connectivity index (χ0v) is 17.6. The van der Waals surface area contributed by atoms with E-state index in [1.54, 1.807) is 24.3 Å². The van der Waals surface area contributed by atoms with Gasteiger partial charge in [0.25, 0.3) is 5.91 Å². The van der Waals surface area contributed by atoms with Gasteiger partial charge in [-0.25, -0.2) is 8.42 Å². The Kier molecular flexibility index (Phi) is 7.21. The number of benzene rings is 2. The van der Waals surface area contributed by atoms with Crippen molar-refractivity contribution in [2.45, 2.75) is 29.9 Å². The number of amides is 1. The predicted molar refractivity (Wildman–Crippen MR) is 113 cm³/mol. The molecule has 7 nitrogen and oxygen atoms in total. The fourth-order valence-corrected chi connectivity index (χ4v) is 3.87. The molecular formula is C22H25N3O4S. The van der Waals surface area contributed by atoms with Crippen LogP contribution in [0.2, 0.25) is 0 Å². The quantitative estimate of drug-likeness (QED) is 0.726. The van der Waals surface area contributed by atoms with E-state index in [2.05, 4.69) is 16.7 Å². The van der Waals surface area contributed by atoms with Gasteiger partial charge in [0.2, 0.25) is 0 Å². The lowest BCUT2D eigenvalue weighted by Crippen LogP contribution is -2.46. The molecule has 1 aliphatic rings. The highest BCUT2D eigenvalue weighted by Crippen LogP contribution is 2.22. The monoisotopic (exact) mass is 427 g/mol. The lowest BCUT2D eigenvalue weighted by molar-refractivity contribution is -0.132. The molecule has 0 saturated carbocycles. The Bertz CT molecular complexity index is 1000. The van der Waals surface area contributed by atoms with E-state index in [0.717, 1.165) is 29.7 Å². The first kappa shape index (κ1) is 22.0. The second-order valence-corrected chi connectivity index (χ2v) is 9.32. The van der Waals surface area contributed by atoms with Crippen molar-refractivity contribution in [3.05, 3.63) is 54.1 Å². The third-order valence-electron chi connectivity index (χ3n) is 4.92. The average molecular weight is 428 g/mol. The SMILES string of the molecule is CS(=O)(=O)c1ccc(-c2ccc(C[C@@H](C#N)NC(=O)C3CNCCCO3)cc2)cc1. The minimum absolute atomic E-state index is 0.279. The van der Waals surface area contributed by atoms with E-state index in [1.807, 2.05) is 24.3 Å². The summed E-state index contributed by atoms with van der Waals surface area (Å²) in [6.07, 6.45) is 1.84. The number of hydrogen-bond acceptors (Lipinski definition) is 6. The number of rotatable bonds is 6. The smallest absolute Gasteiger partial charge is 0.251 e. The largest absolute Gasteiger partial charge is 0.367 e. The third-order valence-corrected chi connectivity index (χ3v) is 6.05. The summed E-state index contributed by atoms with van der Waals surface area (Å²) in [5.41, 5.74) is 2.75. The number of hydrogen-bond donors (Lipinski definition) is 2. The minimum Gasteiger partial charge on any atom is -0.367 e. The van der Waals surface area contributed by atoms with Gasteiger partial charge in [0.05, 0.1) is 11.0 Å². The molecular weight excluding hydrogens is 402 g/mol. The molecule has 8 heteroatoms. The maximum absolute atomic E-state index is 12.4. The number of ether oxygens (including phenoxy) is 1. The molecule has 0 radical (unpaired) electrons. The lowest BCUT2D eigenvalue weighted by atomic mass is 10.0. The molecule has 3 rings (SSSR count). The average Bonchev–Trinajstić information content (AvgIpc) is 3.03. The number of nitrogens with zero attached hydrogens (tertiary/aromatic N) is 1. The first-order chi connectivity index (χ1) is 14.4. The molecule has 2 atom stereocenters. The Morgan fingerprint density at radius 2 is 1.83 bits per heavy atom. The molecule has 1 amide bonds. The summed E-state index contributed by atoms with van der Waals surface area (Å²) in [7, 11) is -3.22. The first-order valence-corrected chi connectivity index (χ1v) is 11.7. The molecule has 2 aromatic rings. The van der Waals surface area contributed by atoms with Crippen LogP contribution in [0, 0.1) is 11.3 Å². The molecule has 1 fully saturated rings. The molecule has 158 valence electrons. The van der Waals surface area contributed by atoms with Gasteiger partial charge in [0.1, 0.15) is 12.1 Å². The molecule has 0 bridgehead atoms. The summed E-state index contributed by atoms with van der Waals surface area (Å²) in [5.74, 6) is -0.279. The van der Waals surface area contributed by atoms with Crippen molar-refractivity contribution in [3.8, 4) is 17.2 Å². The summed E-state index contributed by atoms with van der Waals surface area (Å²) in [4.78, 5) is 12.7. The van der Waals surface area contributed by atoms with E-state index in [0.29, 0.717) is 19.6 Å². The van der Waals surface area contributed by atoms with Crippen LogP contribution in [0.3, 0.4) is 0 Å². The van der Waals surface area contributed by atoms with Gasteiger partial charge < -0.3 is 15.4 Å². The number of carbonyl (C=O) groups excluding carboxylic acids is 1. The van der Waals surface area contributed by atoms with Gasteiger partial charge in [-0.15, -0.1) is 0 Å². The zero-order valence-electron chi connectivity index (χ0n) is 16.8. The van der Waals surface area contributed by atoms with E-state index in [1.165, 1.54) is 6.26 Å². The standard InChI is InChI=1S/C22H25N3O4S/c1-30(27,28)20-9-7-18(8-10-20)17-5-3-16(4-6-17)13-19(14-23)25-22(26)21-15-24-11-2-12-29-21/h3-10,19,21,24H,2,11-13,15H2,1H3,(H,25,26)/t19-,21?/m0/s1. The molecule has 1 aliphatic heterocycles. The van der Waals surface area contributed by atoms with Crippen LogP contribution < -0.4 is 10.6 Å². The van der Waals surface area contributed by atoms with E-state index in [9.17, 15) is 18.5 Å². The Morgan fingerprint density at radius 3 is 2.43 bits per heavy atom. The summed E-state index contributed by atoms with van der Waals surface area (Å²) < 4.78 is 28.7. The van der Waals surface area contributed by atoms with Gasteiger partial charge in [0, 0.05) is 25.8 Å². The van der Waals surface area contributed by atoms with Crippen molar-refractivity contribution >= 4 is 15.7 Å². The Morgan fingerprint density at radius 1 is 1.20 bits per heavy atom. The second kappa shape index (κ2) is 9.85. The fourth-order valence-electron chi connectivity index (χ4n) is 3.24. The molecule has 0 aromatic heterocycles. The van der Waals surface area contributed by atoms with Crippen LogP contribution in [-0.2, 0) is 25.8 Å². The van der Waals surface area contributed by atoms with Gasteiger partial charge in [-0.3, -0.25) is 4.79 Å². The second-order valence-electron chi connectivity index (χ2n) is 7.30. The van der Waals surface area contributed by atoms with Crippen molar-refractivity contribution < 1.29 is 17.9 Å². The molecule has 1 unspecified atom stereocenters. The summed E-state index contributed by atoms with van der Waals surface area (Å²) >= 11 is 0. The third kappa shape index (κ3) is 5.89. The molecule has 0 aliphatic carbocycles. The summed E-state index contributed by atoms with van der Waals surface area (Å²) in [6, 6.07) is 15.8. The van der Waals surface area contributed by atoms with Crippen molar-refractivity contribution in [1.29, 1.82) is 5.26 Å². The topological polar surface area (TPSA) is 108 Å². The van der Waals surface area contributed by atoms with E-state index in [4.69, 9.17) is 4.74 Å². The van der Waals surface area contributed by atoms with Crippen LogP contribution in [0.25, 0.3) is 11.1 Å². The highest BCUT2D eigenvalue weighted by Gasteiger charge is 2.23. The molecule has 1 saturated heterocycles. The molecule has 30 heavy (non-hydrogen) atoms. The highest BCUT2D eigenvalue weighted by molar-refractivity contribution is 7.90. The minimum atomic E-state index is -3.22. The van der Waals surface area contributed by atoms with Crippen LogP contribution >= 0.6 is 0 Å². The van der Waals surface area contributed by atoms with Gasteiger partial charge in [-0.2, -0.15) is 5.26 Å². The van der Waals surface area contributed by atoms with Crippen LogP contribution in [0.15, 0.2) is 53.4 Å². The van der Waals surface area contributed by atoms with Gasteiger partial charge in [-0.05, 0) is 41.8 Å². The van der Waals surface area contributed by atoms with E-state index < -0.39 is 22.0 Å². The Labute approximate surface area is 177 Å². The van der Waals surface area contributed by atoms with Gasteiger partial charge in [0.15, 0.2) is 9.84 Å².